The number of nitrogens with two attached hydrogens (primary N) is 1. The molecule has 33 heavy (non-hydrogen) atoms. The minimum Gasteiger partial charge on any atom is -0.394 e. The first-order valence-corrected chi connectivity index (χ1v) is 11.2. The number of nitrogens with zero attached hydrogens (tertiary/aromatic N) is 5. The molecule has 0 bridgehead atoms. The van der Waals surface area contributed by atoms with Crippen molar-refractivity contribution >= 4 is 34.3 Å². The van der Waals surface area contributed by atoms with Crippen LogP contribution < -0.4 is 5.73 Å². The Kier molecular flexibility index (Phi) is 5.52. The molecule has 12 heteroatoms. The second-order valence-corrected chi connectivity index (χ2v) is 9.29. The van der Waals surface area contributed by atoms with Gasteiger partial charge in [-0.1, -0.05) is 17.7 Å². The van der Waals surface area contributed by atoms with Crippen molar-refractivity contribution in [1.29, 1.82) is 0 Å². The zero-order valence-corrected chi connectivity index (χ0v) is 18.6. The lowest BCUT2D eigenvalue weighted by Gasteiger charge is -2.32. The van der Waals surface area contributed by atoms with E-state index < -0.39 is 23.9 Å². The molecular weight excluding hydrogens is 477 g/mol. The molecule has 1 fully saturated rings. The molecule has 2 aliphatic heterocycles. The van der Waals surface area contributed by atoms with Gasteiger partial charge in [-0.15, -0.1) is 11.3 Å². The predicted octanol–water partition coefficient (Wildman–Crippen LogP) is 3.84. The Balaban J connectivity index is 1.76. The van der Waals surface area contributed by atoms with Crippen molar-refractivity contribution in [2.24, 2.45) is 10.7 Å². The average Bonchev–Trinajstić information content (AvgIpc) is 3.52. The summed E-state index contributed by atoms with van der Waals surface area (Å²) in [4.78, 5) is 11.1. The summed E-state index contributed by atoms with van der Waals surface area (Å²) in [5.74, 6) is 0.0170. The molecule has 0 amide bonds. The molecule has 2 aromatic heterocycles. The number of hydrogen-bond donors (Lipinski definition) is 2. The van der Waals surface area contributed by atoms with E-state index in [0.717, 1.165) is 0 Å². The predicted molar refractivity (Wildman–Crippen MR) is 119 cm³/mol. The minimum atomic E-state index is -2.82. The Labute approximate surface area is 195 Å². The van der Waals surface area contributed by atoms with Crippen LogP contribution in [0.1, 0.15) is 35.1 Å². The fourth-order valence-corrected chi connectivity index (χ4v) is 5.13. The van der Waals surface area contributed by atoms with Gasteiger partial charge < -0.3 is 15.7 Å². The van der Waals surface area contributed by atoms with Gasteiger partial charge in [-0.05, 0) is 17.7 Å². The minimum absolute atomic E-state index is 0.147. The number of rotatable bonds is 5. The Morgan fingerprint density at radius 2 is 2.18 bits per heavy atom. The third-order valence-corrected chi connectivity index (χ3v) is 6.81. The van der Waals surface area contributed by atoms with Crippen LogP contribution in [0.25, 0.3) is 5.57 Å². The van der Waals surface area contributed by atoms with Crippen LogP contribution in [0.5, 0.6) is 0 Å². The van der Waals surface area contributed by atoms with E-state index in [2.05, 4.69) is 10.1 Å². The molecule has 2 atom stereocenters. The highest BCUT2D eigenvalue weighted by Gasteiger charge is 2.45. The normalized spacial score (nSPS) is 22.8. The van der Waals surface area contributed by atoms with Gasteiger partial charge in [0.05, 0.1) is 18.3 Å². The first kappa shape index (κ1) is 22.1. The van der Waals surface area contributed by atoms with Crippen LogP contribution in [0, 0.1) is 5.82 Å². The van der Waals surface area contributed by atoms with Crippen molar-refractivity contribution in [3.8, 4) is 0 Å². The number of halogens is 4. The number of aliphatic hydroxyl groups is 1. The number of aromatic nitrogens is 3. The van der Waals surface area contributed by atoms with Crippen LogP contribution in [-0.4, -0.2) is 49.3 Å². The van der Waals surface area contributed by atoms with Crippen molar-refractivity contribution in [2.45, 2.75) is 24.6 Å². The molecule has 0 aliphatic carbocycles. The van der Waals surface area contributed by atoms with Gasteiger partial charge in [-0.25, -0.2) is 14.1 Å². The third-order valence-electron chi connectivity index (χ3n) is 5.72. The number of hydrogen-bond acceptors (Lipinski definition) is 7. The average molecular weight is 495 g/mol. The van der Waals surface area contributed by atoms with Gasteiger partial charge in [0.15, 0.2) is 10.8 Å². The largest absolute Gasteiger partial charge is 0.394 e. The van der Waals surface area contributed by atoms with Crippen LogP contribution in [0.15, 0.2) is 52.9 Å². The summed E-state index contributed by atoms with van der Waals surface area (Å²) in [6.45, 7) is -2.85. The fourth-order valence-electron chi connectivity index (χ4n) is 4.22. The number of benzene rings is 1. The molecule has 172 valence electrons. The summed E-state index contributed by atoms with van der Waals surface area (Å²) >= 11 is 7.78. The van der Waals surface area contributed by atoms with E-state index >= 15 is 0 Å². The van der Waals surface area contributed by atoms with Crippen LogP contribution in [0.4, 0.5) is 13.2 Å². The van der Waals surface area contributed by atoms with Crippen molar-refractivity contribution in [3.63, 3.8) is 0 Å². The summed E-state index contributed by atoms with van der Waals surface area (Å²) in [6.07, 6.45) is 4.47. The van der Waals surface area contributed by atoms with E-state index in [9.17, 15) is 18.3 Å². The molecule has 3 N–H and O–H groups in total. The van der Waals surface area contributed by atoms with Gasteiger partial charge >= 0.3 is 6.55 Å². The third kappa shape index (κ3) is 3.84. The van der Waals surface area contributed by atoms with Crippen molar-refractivity contribution < 1.29 is 18.3 Å². The van der Waals surface area contributed by atoms with E-state index in [4.69, 9.17) is 22.3 Å². The van der Waals surface area contributed by atoms with Gasteiger partial charge in [-0.3, -0.25) is 4.99 Å². The molecule has 1 aromatic carbocycles. The lowest BCUT2D eigenvalue weighted by Crippen LogP contribution is -2.47. The Morgan fingerprint density at radius 1 is 1.36 bits per heavy atom. The monoisotopic (exact) mass is 494 g/mol. The van der Waals surface area contributed by atoms with Crippen molar-refractivity contribution in [3.05, 3.63) is 74.8 Å². The topological polar surface area (TPSA) is 92.6 Å². The highest BCUT2D eigenvalue weighted by atomic mass is 35.5. The second kappa shape index (κ2) is 8.24. The summed E-state index contributed by atoms with van der Waals surface area (Å²) in [6, 6.07) is 3.23. The molecule has 5 rings (SSSR count). The lowest BCUT2D eigenvalue weighted by atomic mass is 9.89. The van der Waals surface area contributed by atoms with Gasteiger partial charge in [0.25, 0.3) is 0 Å². The van der Waals surface area contributed by atoms with Gasteiger partial charge in [0.1, 0.15) is 11.9 Å². The van der Waals surface area contributed by atoms with Gasteiger partial charge in [0.2, 0.25) is 0 Å². The Bertz CT molecular complexity index is 1260. The molecule has 0 spiro atoms. The van der Waals surface area contributed by atoms with E-state index in [-0.39, 0.29) is 24.6 Å². The fraction of sp³-hybridized carbons (Fsp3) is 0.286. The summed E-state index contributed by atoms with van der Waals surface area (Å²) < 4.78 is 40.9. The molecule has 1 saturated heterocycles. The van der Waals surface area contributed by atoms with E-state index in [1.165, 1.54) is 41.9 Å². The maximum Gasteiger partial charge on any atom is 0.333 e. The Hall–Kier alpha value is -2.73. The van der Waals surface area contributed by atoms with E-state index in [1.54, 1.807) is 11.6 Å². The first-order valence-electron chi connectivity index (χ1n) is 9.95. The van der Waals surface area contributed by atoms with Crippen molar-refractivity contribution in [2.75, 3.05) is 13.2 Å². The maximum atomic E-state index is 13.8. The molecule has 3 aromatic rings. The number of alkyl halides is 2. The molecule has 4 heterocycles. The van der Waals surface area contributed by atoms with Gasteiger partial charge in [0, 0.05) is 52.6 Å². The molecular formula is C21H18ClF3N6OS. The zero-order chi connectivity index (χ0) is 23.3. The summed E-state index contributed by atoms with van der Waals surface area (Å²) in [5.41, 5.74) is 7.64. The van der Waals surface area contributed by atoms with E-state index in [1.807, 2.05) is 4.90 Å². The van der Waals surface area contributed by atoms with Gasteiger partial charge in [-0.2, -0.15) is 13.9 Å². The molecule has 0 unspecified atom stereocenters. The smallest absolute Gasteiger partial charge is 0.333 e. The SMILES string of the molecule is N[C@@]1(CO)CC2=C(c3cnn(C(F)F)c3)[C@H](c3ccc(F)cc3Cl)N=C(c3nccs3)N2C1. The van der Waals surface area contributed by atoms with Crippen LogP contribution in [-0.2, 0) is 0 Å². The maximum absolute atomic E-state index is 13.8. The van der Waals surface area contributed by atoms with E-state index in [0.29, 0.717) is 37.9 Å². The summed E-state index contributed by atoms with van der Waals surface area (Å²) in [7, 11) is 0. The highest BCUT2D eigenvalue weighted by Crippen LogP contribution is 2.47. The second-order valence-electron chi connectivity index (χ2n) is 7.99. The number of aliphatic imine (C=N–C) groups is 1. The quantitative estimate of drug-likeness (QED) is 0.562. The number of aliphatic hydroxyl groups excluding tert-OH is 1. The standard InChI is InChI=1S/C21H18ClF3N6OS/c22-14-5-12(23)1-2-13(14)17-16(11-7-28-31(8-11)20(24)25)15-6-21(26,10-32)9-30(15)18(29-17)19-27-3-4-33-19/h1-5,7-8,17,20,32H,6,9-10,26H2/t17-,21-/m0/s1. The Morgan fingerprint density at radius 3 is 2.82 bits per heavy atom. The molecule has 7 nitrogen and oxygen atoms in total. The van der Waals surface area contributed by atoms with Crippen LogP contribution in [0.2, 0.25) is 5.02 Å². The molecule has 2 aliphatic rings. The lowest BCUT2D eigenvalue weighted by molar-refractivity contribution is 0.0566. The summed E-state index contributed by atoms with van der Waals surface area (Å²) in [5, 5.41) is 16.3. The molecule has 0 saturated carbocycles. The zero-order valence-electron chi connectivity index (χ0n) is 17.0. The first-order chi connectivity index (χ1) is 15.8. The van der Waals surface area contributed by atoms with Crippen LogP contribution in [0.3, 0.4) is 0 Å². The molecule has 0 radical (unpaired) electrons. The van der Waals surface area contributed by atoms with Crippen LogP contribution >= 0.6 is 22.9 Å². The number of amidine groups is 1. The number of fused-ring (bicyclic) bond motifs is 1. The number of thiazole rings is 1. The highest BCUT2D eigenvalue weighted by molar-refractivity contribution is 7.11. The van der Waals surface area contributed by atoms with Crippen molar-refractivity contribution in [1.82, 2.24) is 19.7 Å².